The van der Waals surface area contributed by atoms with Crippen molar-refractivity contribution in [3.8, 4) is 0 Å². The molecule has 2 heterocycles. The van der Waals surface area contributed by atoms with Crippen molar-refractivity contribution in [3.05, 3.63) is 60.2 Å². The number of ether oxygens (including phenoxy) is 1. The van der Waals surface area contributed by atoms with E-state index in [4.69, 9.17) is 4.74 Å². The van der Waals surface area contributed by atoms with E-state index in [1.165, 1.54) is 21.9 Å². The van der Waals surface area contributed by atoms with E-state index in [0.29, 0.717) is 11.3 Å². The number of sulfonamides is 1. The van der Waals surface area contributed by atoms with Gasteiger partial charge in [0.2, 0.25) is 21.8 Å². The number of likely N-dealkylation sites (N-methyl/N-ethyl adjacent to an activating group) is 1. The van der Waals surface area contributed by atoms with E-state index in [1.54, 1.807) is 70.4 Å². The number of para-hydroxylation sites is 1. The Balaban J connectivity index is 1.93. The Morgan fingerprint density at radius 3 is 2.34 bits per heavy atom. The number of carbonyl (C=O) groups excluding carboxylic acids is 3. The van der Waals surface area contributed by atoms with Crippen LogP contribution in [0.25, 0.3) is 0 Å². The molecule has 2 aliphatic rings. The molecule has 0 aliphatic carbocycles. The first-order chi connectivity index (χ1) is 16.5. The second kappa shape index (κ2) is 9.09. The summed E-state index contributed by atoms with van der Waals surface area (Å²) in [6.07, 6.45) is 0. The SMILES string of the molecule is CCOC(=O)[C@H]1CN(S(=O)(=O)c2ccccc2)[C@]2(C)C(=O)N(CC(=O)N(C)C)c3ccccc3[C@H]12. The second-order valence-electron chi connectivity index (χ2n) is 9.07. The van der Waals surface area contributed by atoms with Gasteiger partial charge in [-0.25, -0.2) is 8.42 Å². The number of rotatable bonds is 6. The van der Waals surface area contributed by atoms with Gasteiger partial charge in [0, 0.05) is 32.2 Å². The van der Waals surface area contributed by atoms with Crippen LogP contribution in [0.1, 0.15) is 25.3 Å². The summed E-state index contributed by atoms with van der Waals surface area (Å²) in [6, 6.07) is 14.8. The highest BCUT2D eigenvalue weighted by Crippen LogP contribution is 2.54. The number of esters is 1. The number of fused-ring (bicyclic) bond motifs is 3. The van der Waals surface area contributed by atoms with Crippen LogP contribution < -0.4 is 4.90 Å². The predicted molar refractivity (Wildman–Crippen MR) is 129 cm³/mol. The van der Waals surface area contributed by atoms with E-state index in [-0.39, 0.29) is 30.5 Å². The summed E-state index contributed by atoms with van der Waals surface area (Å²) in [5, 5.41) is 0. The van der Waals surface area contributed by atoms with Gasteiger partial charge < -0.3 is 14.5 Å². The summed E-state index contributed by atoms with van der Waals surface area (Å²) in [7, 11) is -0.992. The van der Waals surface area contributed by atoms with Crippen LogP contribution in [0.3, 0.4) is 0 Å². The monoisotopic (exact) mass is 499 g/mol. The fourth-order valence-corrected chi connectivity index (χ4v) is 6.92. The first-order valence-electron chi connectivity index (χ1n) is 11.4. The lowest BCUT2D eigenvalue weighted by Crippen LogP contribution is -2.62. The third-order valence-electron chi connectivity index (χ3n) is 6.84. The third-order valence-corrected chi connectivity index (χ3v) is 8.82. The standard InChI is InChI=1S/C25H29N3O6S/c1-5-34-23(30)19-15-28(35(32,33)17-11-7-6-8-12-17)25(2)22(19)18-13-9-10-14-20(18)27(24(25)31)16-21(29)26(3)4/h6-14,19,22H,5,15-16H2,1-4H3/t19-,22+,25-/m0/s1. The molecule has 0 radical (unpaired) electrons. The zero-order valence-electron chi connectivity index (χ0n) is 20.2. The van der Waals surface area contributed by atoms with Gasteiger partial charge >= 0.3 is 5.97 Å². The molecule has 0 unspecified atom stereocenters. The zero-order valence-corrected chi connectivity index (χ0v) is 21.0. The van der Waals surface area contributed by atoms with Gasteiger partial charge in [-0.1, -0.05) is 36.4 Å². The Labute approximate surface area is 205 Å². The molecule has 0 spiro atoms. The normalized spacial score (nSPS) is 24.0. The van der Waals surface area contributed by atoms with Crippen molar-refractivity contribution < 1.29 is 27.5 Å². The molecule has 186 valence electrons. The largest absolute Gasteiger partial charge is 0.466 e. The van der Waals surface area contributed by atoms with E-state index in [9.17, 15) is 22.8 Å². The molecule has 0 saturated carbocycles. The van der Waals surface area contributed by atoms with Gasteiger partial charge in [0.05, 0.1) is 17.4 Å². The smallest absolute Gasteiger partial charge is 0.310 e. The minimum Gasteiger partial charge on any atom is -0.466 e. The van der Waals surface area contributed by atoms with Crippen LogP contribution in [0.4, 0.5) is 5.69 Å². The van der Waals surface area contributed by atoms with E-state index < -0.39 is 39.3 Å². The molecular formula is C25H29N3O6S. The number of carbonyl (C=O) groups is 3. The van der Waals surface area contributed by atoms with Crippen molar-refractivity contribution in [2.75, 3.05) is 38.7 Å². The summed E-state index contributed by atoms with van der Waals surface area (Å²) in [5.41, 5.74) is -0.527. The lowest BCUT2D eigenvalue weighted by atomic mass is 9.72. The summed E-state index contributed by atoms with van der Waals surface area (Å²) in [6.45, 7) is 2.88. The van der Waals surface area contributed by atoms with Crippen LogP contribution in [0.5, 0.6) is 0 Å². The fourth-order valence-electron chi connectivity index (χ4n) is 5.12. The van der Waals surface area contributed by atoms with Crippen LogP contribution in [0.15, 0.2) is 59.5 Å². The predicted octanol–water partition coefficient (Wildman–Crippen LogP) is 1.85. The molecule has 2 amide bonds. The molecule has 0 bridgehead atoms. The van der Waals surface area contributed by atoms with E-state index >= 15 is 0 Å². The van der Waals surface area contributed by atoms with Crippen molar-refractivity contribution in [2.24, 2.45) is 5.92 Å². The Morgan fingerprint density at radius 1 is 1.09 bits per heavy atom. The van der Waals surface area contributed by atoms with Crippen LogP contribution in [0.2, 0.25) is 0 Å². The Kier molecular flexibility index (Phi) is 6.46. The van der Waals surface area contributed by atoms with Gasteiger partial charge in [-0.2, -0.15) is 4.31 Å². The number of hydrogen-bond donors (Lipinski definition) is 0. The molecule has 2 aromatic carbocycles. The van der Waals surface area contributed by atoms with Gasteiger partial charge in [0.25, 0.3) is 0 Å². The minimum atomic E-state index is -4.17. The molecule has 3 atom stereocenters. The topological polar surface area (TPSA) is 104 Å². The zero-order chi connectivity index (χ0) is 25.5. The highest BCUT2D eigenvalue weighted by Gasteiger charge is 2.65. The van der Waals surface area contributed by atoms with Crippen LogP contribution in [-0.4, -0.2) is 74.7 Å². The third kappa shape index (κ3) is 3.90. The van der Waals surface area contributed by atoms with Gasteiger partial charge in [0.15, 0.2) is 0 Å². The van der Waals surface area contributed by atoms with Gasteiger partial charge in [-0.3, -0.25) is 14.4 Å². The molecule has 1 saturated heterocycles. The lowest BCUT2D eigenvalue weighted by Gasteiger charge is -2.46. The number of benzene rings is 2. The Morgan fingerprint density at radius 2 is 1.71 bits per heavy atom. The van der Waals surface area contributed by atoms with Crippen LogP contribution in [-0.2, 0) is 29.1 Å². The van der Waals surface area contributed by atoms with Crippen LogP contribution in [0, 0.1) is 5.92 Å². The molecule has 4 rings (SSSR count). The van der Waals surface area contributed by atoms with Crippen molar-refractivity contribution >= 4 is 33.5 Å². The maximum Gasteiger partial charge on any atom is 0.310 e. The van der Waals surface area contributed by atoms with E-state index in [1.807, 2.05) is 0 Å². The first kappa shape index (κ1) is 24.9. The van der Waals surface area contributed by atoms with Gasteiger partial charge in [-0.15, -0.1) is 0 Å². The van der Waals surface area contributed by atoms with Crippen molar-refractivity contribution in [1.29, 1.82) is 0 Å². The number of anilines is 1. The first-order valence-corrected chi connectivity index (χ1v) is 12.8. The molecule has 10 heteroatoms. The van der Waals surface area contributed by atoms with Crippen molar-refractivity contribution in [1.82, 2.24) is 9.21 Å². The number of hydrogen-bond acceptors (Lipinski definition) is 6. The average molecular weight is 500 g/mol. The van der Waals surface area contributed by atoms with Gasteiger partial charge in [-0.05, 0) is 37.6 Å². The molecule has 0 N–H and O–H groups in total. The summed E-state index contributed by atoms with van der Waals surface area (Å²) < 4.78 is 34.1. The molecule has 35 heavy (non-hydrogen) atoms. The fraction of sp³-hybridized carbons (Fsp3) is 0.400. The Hall–Kier alpha value is -3.24. The van der Waals surface area contributed by atoms with Gasteiger partial charge in [0.1, 0.15) is 12.1 Å². The maximum absolute atomic E-state index is 14.2. The number of amides is 2. The van der Waals surface area contributed by atoms with Crippen LogP contribution >= 0.6 is 0 Å². The molecule has 1 fully saturated rings. The summed E-state index contributed by atoms with van der Waals surface area (Å²) >= 11 is 0. The van der Waals surface area contributed by atoms with E-state index in [0.717, 1.165) is 4.31 Å². The summed E-state index contributed by atoms with van der Waals surface area (Å²) in [4.78, 5) is 42.6. The lowest BCUT2D eigenvalue weighted by molar-refractivity contribution is -0.148. The Bertz CT molecular complexity index is 1260. The number of nitrogens with zero attached hydrogens (tertiary/aromatic N) is 3. The highest BCUT2D eigenvalue weighted by molar-refractivity contribution is 7.89. The van der Waals surface area contributed by atoms with E-state index in [2.05, 4.69) is 0 Å². The average Bonchev–Trinajstić information content (AvgIpc) is 3.17. The summed E-state index contributed by atoms with van der Waals surface area (Å²) in [5.74, 6) is -3.10. The quantitative estimate of drug-likeness (QED) is 0.562. The molecular weight excluding hydrogens is 470 g/mol. The van der Waals surface area contributed by atoms with Crippen molar-refractivity contribution in [3.63, 3.8) is 0 Å². The minimum absolute atomic E-state index is 0.0204. The highest BCUT2D eigenvalue weighted by atomic mass is 32.2. The maximum atomic E-state index is 14.2. The second-order valence-corrected chi connectivity index (χ2v) is 10.9. The molecule has 2 aliphatic heterocycles. The van der Waals surface area contributed by atoms with Crippen molar-refractivity contribution in [2.45, 2.75) is 30.2 Å². The molecule has 0 aromatic heterocycles. The molecule has 2 aromatic rings. The molecule has 9 nitrogen and oxygen atoms in total.